The molecule has 0 unspecified atom stereocenters. The third-order valence-corrected chi connectivity index (χ3v) is 5.45. The third kappa shape index (κ3) is 4.08. The van der Waals surface area contributed by atoms with Gasteiger partial charge in [-0.05, 0) is 48.5 Å². The first-order valence-electron chi connectivity index (χ1n) is 10.1. The lowest BCUT2D eigenvalue weighted by atomic mass is 10.1. The summed E-state index contributed by atoms with van der Waals surface area (Å²) in [5.41, 5.74) is 10.1. The molecule has 0 spiro atoms. The lowest BCUT2D eigenvalue weighted by Crippen LogP contribution is -2.06. The van der Waals surface area contributed by atoms with E-state index in [4.69, 9.17) is 10.7 Å². The molecule has 31 heavy (non-hydrogen) atoms. The largest absolute Gasteiger partial charge is 0.508 e. The Morgan fingerprint density at radius 2 is 2.00 bits per heavy atom. The Morgan fingerprint density at radius 1 is 1.16 bits per heavy atom. The van der Waals surface area contributed by atoms with E-state index in [-0.39, 0.29) is 11.5 Å². The summed E-state index contributed by atoms with van der Waals surface area (Å²) in [5, 5.41) is 23.6. The van der Waals surface area contributed by atoms with Gasteiger partial charge >= 0.3 is 0 Å². The molecule has 0 radical (unpaired) electrons. The Hall–Kier alpha value is -3.48. The molecule has 2 heterocycles. The second-order valence-electron chi connectivity index (χ2n) is 7.48. The van der Waals surface area contributed by atoms with Crippen LogP contribution in [0, 0.1) is 0 Å². The van der Waals surface area contributed by atoms with Crippen LogP contribution in [-0.2, 0) is 19.5 Å². The van der Waals surface area contributed by atoms with Crippen LogP contribution in [0.1, 0.15) is 36.7 Å². The van der Waals surface area contributed by atoms with Crippen molar-refractivity contribution >= 4 is 45.1 Å². The summed E-state index contributed by atoms with van der Waals surface area (Å²) in [6.07, 6.45) is 2.77. The van der Waals surface area contributed by atoms with Crippen LogP contribution in [0.4, 0.5) is 5.82 Å². The number of unbranched alkanes of at least 4 members (excludes halogenated alkanes) is 1. The number of nitrogens with two attached hydrogens (primary N) is 1. The van der Waals surface area contributed by atoms with Gasteiger partial charge in [-0.25, -0.2) is 15.0 Å². The number of rotatable bonds is 7. The molecule has 0 saturated carbocycles. The molecule has 4 N–H and O–H groups in total. The topological polar surface area (TPSA) is 110 Å². The fourth-order valence-corrected chi connectivity index (χ4v) is 3.85. The summed E-state index contributed by atoms with van der Waals surface area (Å²) < 4.78 is 2.06. The van der Waals surface area contributed by atoms with E-state index in [2.05, 4.69) is 38.8 Å². The second kappa shape index (κ2) is 8.71. The molecule has 8 heteroatoms. The van der Waals surface area contributed by atoms with E-state index in [0.717, 1.165) is 47.1 Å². The standard InChI is InChI=1S/C23H23N5O2S/c1-2-3-4-20-27-21-22(28(20)12-15-10-16(29)6-8-19(15)30)17-7-5-14(11-25-13-31)9-18(17)26-23(21)24/h5-10,29-30H,2-4,11-12H2,1H3,(H2,24,26). The van der Waals surface area contributed by atoms with Gasteiger partial charge in [-0.15, -0.1) is 0 Å². The Kier molecular flexibility index (Phi) is 5.84. The summed E-state index contributed by atoms with van der Waals surface area (Å²) in [5.74, 6) is 1.44. The van der Waals surface area contributed by atoms with Gasteiger partial charge < -0.3 is 20.5 Å². The van der Waals surface area contributed by atoms with Crippen LogP contribution in [0.25, 0.3) is 21.9 Å². The highest BCUT2D eigenvalue weighted by atomic mass is 32.1. The molecule has 7 nitrogen and oxygen atoms in total. The van der Waals surface area contributed by atoms with Gasteiger partial charge in [-0.1, -0.05) is 25.5 Å². The number of thiocarbonyl (C=S) groups is 1. The molecule has 2 aromatic heterocycles. The molecule has 0 aliphatic rings. The highest BCUT2D eigenvalue weighted by molar-refractivity contribution is 7.78. The number of benzene rings is 2. The predicted octanol–water partition coefficient (Wildman–Crippen LogP) is 4.57. The number of pyridine rings is 1. The highest BCUT2D eigenvalue weighted by Crippen LogP contribution is 2.32. The molecule has 0 aliphatic heterocycles. The molecule has 158 valence electrons. The Balaban J connectivity index is 1.95. The zero-order chi connectivity index (χ0) is 22.0. The van der Waals surface area contributed by atoms with Crippen LogP contribution in [0.15, 0.2) is 41.4 Å². The fourth-order valence-electron chi connectivity index (χ4n) is 3.79. The number of isothiocyanates is 1. The van der Waals surface area contributed by atoms with Gasteiger partial charge in [0.25, 0.3) is 0 Å². The van der Waals surface area contributed by atoms with Gasteiger partial charge in [-0.3, -0.25) is 0 Å². The zero-order valence-corrected chi connectivity index (χ0v) is 18.0. The van der Waals surface area contributed by atoms with Crippen molar-refractivity contribution < 1.29 is 10.2 Å². The van der Waals surface area contributed by atoms with E-state index < -0.39 is 0 Å². The number of anilines is 1. The Morgan fingerprint density at radius 3 is 2.77 bits per heavy atom. The monoisotopic (exact) mass is 433 g/mol. The third-order valence-electron chi connectivity index (χ3n) is 5.32. The lowest BCUT2D eigenvalue weighted by molar-refractivity contribution is 0.452. The van der Waals surface area contributed by atoms with Crippen LogP contribution in [-0.4, -0.2) is 29.9 Å². The van der Waals surface area contributed by atoms with E-state index in [0.29, 0.717) is 30.0 Å². The Labute approximate surface area is 184 Å². The van der Waals surface area contributed by atoms with Crippen molar-refractivity contribution in [1.82, 2.24) is 14.5 Å². The van der Waals surface area contributed by atoms with Crippen molar-refractivity contribution in [3.05, 3.63) is 53.3 Å². The fraction of sp³-hybridized carbons (Fsp3) is 0.261. The van der Waals surface area contributed by atoms with Gasteiger partial charge in [0.05, 0.1) is 29.3 Å². The van der Waals surface area contributed by atoms with Crippen molar-refractivity contribution in [2.24, 2.45) is 4.99 Å². The lowest BCUT2D eigenvalue weighted by Gasteiger charge is -2.13. The van der Waals surface area contributed by atoms with Crippen molar-refractivity contribution in [2.45, 2.75) is 39.3 Å². The van der Waals surface area contributed by atoms with Gasteiger partial charge in [0, 0.05) is 17.4 Å². The number of fused-ring (bicyclic) bond motifs is 3. The first-order valence-corrected chi connectivity index (χ1v) is 10.5. The van der Waals surface area contributed by atoms with Gasteiger partial charge in [0.15, 0.2) is 5.82 Å². The maximum absolute atomic E-state index is 10.4. The van der Waals surface area contributed by atoms with Crippen LogP contribution in [0.5, 0.6) is 11.5 Å². The number of hydrogen-bond donors (Lipinski definition) is 3. The quantitative estimate of drug-likeness (QED) is 0.224. The van der Waals surface area contributed by atoms with E-state index in [9.17, 15) is 10.2 Å². The summed E-state index contributed by atoms with van der Waals surface area (Å²) in [6, 6.07) is 10.4. The highest BCUT2D eigenvalue weighted by Gasteiger charge is 2.18. The summed E-state index contributed by atoms with van der Waals surface area (Å²) in [4.78, 5) is 13.4. The first-order chi connectivity index (χ1) is 15.0. The molecule has 2 aromatic carbocycles. The van der Waals surface area contributed by atoms with E-state index >= 15 is 0 Å². The van der Waals surface area contributed by atoms with Gasteiger partial charge in [0.1, 0.15) is 22.8 Å². The number of aliphatic imine (C=N–C) groups is 1. The summed E-state index contributed by atoms with van der Waals surface area (Å²) in [6.45, 7) is 2.91. The predicted molar refractivity (Wildman–Crippen MR) is 126 cm³/mol. The van der Waals surface area contributed by atoms with E-state index in [1.54, 1.807) is 6.07 Å². The number of phenolic OH excluding ortho intramolecular Hbond substituents is 2. The number of nitrogens with zero attached hydrogens (tertiary/aromatic N) is 4. The van der Waals surface area contributed by atoms with Crippen molar-refractivity contribution in [1.29, 1.82) is 0 Å². The average Bonchev–Trinajstić information content (AvgIpc) is 3.12. The molecule has 0 saturated heterocycles. The minimum Gasteiger partial charge on any atom is -0.508 e. The second-order valence-corrected chi connectivity index (χ2v) is 7.67. The molecule has 0 fully saturated rings. The van der Waals surface area contributed by atoms with Gasteiger partial charge in [0.2, 0.25) is 0 Å². The molecule has 0 atom stereocenters. The number of aromatic nitrogens is 3. The molecular weight excluding hydrogens is 410 g/mol. The van der Waals surface area contributed by atoms with E-state index in [1.807, 2.05) is 18.2 Å². The number of phenols is 2. The average molecular weight is 434 g/mol. The van der Waals surface area contributed by atoms with E-state index in [1.165, 1.54) is 12.1 Å². The smallest absolute Gasteiger partial charge is 0.152 e. The molecular formula is C23H23N5O2S. The van der Waals surface area contributed by atoms with Crippen LogP contribution >= 0.6 is 12.2 Å². The SMILES string of the molecule is CCCCc1nc2c(N)nc3cc(CN=C=S)ccc3c2n1Cc1cc(O)ccc1O. The normalized spacial score (nSPS) is 11.1. The number of aromatic hydroxyl groups is 2. The summed E-state index contributed by atoms with van der Waals surface area (Å²) in [7, 11) is 0. The van der Waals surface area contributed by atoms with Crippen molar-refractivity contribution in [2.75, 3.05) is 5.73 Å². The maximum Gasteiger partial charge on any atom is 0.152 e. The minimum atomic E-state index is 0.0992. The van der Waals surface area contributed by atoms with Gasteiger partial charge in [-0.2, -0.15) is 0 Å². The number of nitrogen functional groups attached to an aromatic ring is 1. The number of imidazole rings is 1. The van der Waals surface area contributed by atoms with Crippen LogP contribution in [0.3, 0.4) is 0 Å². The van der Waals surface area contributed by atoms with Crippen molar-refractivity contribution in [3.8, 4) is 11.5 Å². The molecule has 0 amide bonds. The number of aryl methyl sites for hydroxylation is 1. The molecule has 4 aromatic rings. The Bertz CT molecular complexity index is 1330. The van der Waals surface area contributed by atoms with Crippen LogP contribution < -0.4 is 5.73 Å². The molecule has 4 rings (SSSR count). The summed E-state index contributed by atoms with van der Waals surface area (Å²) >= 11 is 4.67. The first kappa shape index (κ1) is 20.8. The minimum absolute atomic E-state index is 0.0992. The zero-order valence-electron chi connectivity index (χ0n) is 17.2. The number of hydrogen-bond acceptors (Lipinski definition) is 7. The van der Waals surface area contributed by atoms with Crippen LogP contribution in [0.2, 0.25) is 0 Å². The molecule has 0 bridgehead atoms. The van der Waals surface area contributed by atoms with Crippen molar-refractivity contribution in [3.63, 3.8) is 0 Å². The molecule has 0 aliphatic carbocycles. The maximum atomic E-state index is 10.4.